The van der Waals surface area contributed by atoms with Crippen LogP contribution in [0, 0.1) is 10.1 Å². The van der Waals surface area contributed by atoms with Gasteiger partial charge in [0.25, 0.3) is 0 Å². The zero-order chi connectivity index (χ0) is 21.6. The van der Waals surface area contributed by atoms with Crippen molar-refractivity contribution in [2.75, 3.05) is 0 Å². The van der Waals surface area contributed by atoms with Gasteiger partial charge in [-0.05, 0) is 31.8 Å². The molecule has 0 atom stereocenters. The lowest BCUT2D eigenvalue weighted by Gasteiger charge is -2.03. The summed E-state index contributed by atoms with van der Waals surface area (Å²) in [5.41, 5.74) is 0.418. The summed E-state index contributed by atoms with van der Waals surface area (Å²) in [7, 11) is 0. The van der Waals surface area contributed by atoms with Gasteiger partial charge in [-0.1, -0.05) is 96.8 Å². The highest BCUT2D eigenvalue weighted by Crippen LogP contribution is 2.16. The van der Waals surface area contributed by atoms with Crippen molar-refractivity contribution in [3.63, 3.8) is 0 Å². The largest absolute Gasteiger partial charge is 0.481 e. The first-order valence-corrected chi connectivity index (χ1v) is 12.1. The van der Waals surface area contributed by atoms with E-state index < -0.39 is 5.97 Å². The quantitative estimate of drug-likeness (QED) is 0.111. The third-order valence-corrected chi connectivity index (χ3v) is 5.50. The Kier molecular flexibility index (Phi) is 20.3. The van der Waals surface area contributed by atoms with Gasteiger partial charge in [0, 0.05) is 12.8 Å². The molecule has 1 N–H and O–H groups in total. The van der Waals surface area contributed by atoms with Crippen molar-refractivity contribution in [2.45, 2.75) is 135 Å². The fourth-order valence-electron chi connectivity index (χ4n) is 3.63. The number of nitrogens with zero attached hydrogens (tertiary/aromatic N) is 1. The molecule has 0 aromatic heterocycles. The molecule has 0 amide bonds. The van der Waals surface area contributed by atoms with Crippen molar-refractivity contribution in [1.82, 2.24) is 0 Å². The predicted octanol–water partition coefficient (Wildman–Crippen LogP) is 8.05. The van der Waals surface area contributed by atoms with E-state index in [1.807, 2.05) is 6.08 Å². The van der Waals surface area contributed by atoms with Crippen LogP contribution >= 0.6 is 0 Å². The normalized spacial score (nSPS) is 11.7. The van der Waals surface area contributed by atoms with Crippen LogP contribution in [0.3, 0.4) is 0 Å². The van der Waals surface area contributed by atoms with E-state index in [1.165, 1.54) is 70.6 Å². The van der Waals surface area contributed by atoms with Crippen LogP contribution in [-0.4, -0.2) is 16.0 Å². The summed E-state index contributed by atoms with van der Waals surface area (Å²) < 4.78 is 0. The number of unbranched alkanes of at least 4 members (excludes halogenated alkanes) is 16. The van der Waals surface area contributed by atoms with Gasteiger partial charge in [0.05, 0.1) is 4.92 Å². The van der Waals surface area contributed by atoms with Gasteiger partial charge >= 0.3 is 5.97 Å². The van der Waals surface area contributed by atoms with Crippen LogP contribution in [0.2, 0.25) is 0 Å². The second-order valence-electron chi connectivity index (χ2n) is 8.29. The highest BCUT2D eigenvalue weighted by molar-refractivity contribution is 5.66. The smallest absolute Gasteiger partial charge is 0.303 e. The summed E-state index contributed by atoms with van der Waals surface area (Å²) in [4.78, 5) is 21.4. The van der Waals surface area contributed by atoms with Crippen molar-refractivity contribution < 1.29 is 14.8 Å². The summed E-state index contributed by atoms with van der Waals surface area (Å²) >= 11 is 0. The van der Waals surface area contributed by atoms with E-state index in [2.05, 4.69) is 6.92 Å². The van der Waals surface area contributed by atoms with Crippen LogP contribution in [-0.2, 0) is 4.79 Å². The molecule has 0 spiro atoms. The Morgan fingerprint density at radius 2 is 1.14 bits per heavy atom. The minimum Gasteiger partial charge on any atom is -0.481 e. The number of hydrogen-bond acceptors (Lipinski definition) is 3. The van der Waals surface area contributed by atoms with Crippen LogP contribution in [0.5, 0.6) is 0 Å². The molecule has 5 nitrogen and oxygen atoms in total. The molecule has 0 bridgehead atoms. The molecule has 0 heterocycles. The molecule has 0 saturated carbocycles. The van der Waals surface area contributed by atoms with Gasteiger partial charge in [-0.2, -0.15) is 0 Å². The molecule has 0 aliphatic rings. The molecule has 0 unspecified atom stereocenters. The number of allylic oxidation sites excluding steroid dienone is 2. The number of rotatable bonds is 22. The summed E-state index contributed by atoms with van der Waals surface area (Å²) in [6.45, 7) is 2.21. The molecule has 5 heteroatoms. The zero-order valence-electron chi connectivity index (χ0n) is 18.8. The van der Waals surface area contributed by atoms with Gasteiger partial charge in [-0.15, -0.1) is 0 Å². The molecule has 0 aliphatic heterocycles. The van der Waals surface area contributed by atoms with Crippen LogP contribution in [0.1, 0.15) is 135 Å². The Balaban J connectivity index is 3.52. The number of carbonyl (C=O) groups is 1. The SMILES string of the molecule is CCCCCCCCC=C(CCCCCCCCCCCCCC(=O)O)[N+](=O)[O-]. The van der Waals surface area contributed by atoms with E-state index in [0.717, 1.165) is 44.9 Å². The van der Waals surface area contributed by atoms with Gasteiger partial charge in [0.15, 0.2) is 0 Å². The first-order chi connectivity index (χ1) is 14.1. The number of carboxylic acids is 1. The average molecular weight is 412 g/mol. The molecule has 0 aromatic carbocycles. The Hall–Kier alpha value is -1.39. The molecule has 0 aromatic rings. The maximum absolute atomic E-state index is 11.2. The molecule has 0 rings (SSSR count). The number of nitro groups is 1. The Labute approximate surface area is 178 Å². The van der Waals surface area contributed by atoms with Gasteiger partial charge in [0.1, 0.15) is 0 Å². The summed E-state index contributed by atoms with van der Waals surface area (Å²) in [5.74, 6) is -0.691. The maximum Gasteiger partial charge on any atom is 0.303 e. The fraction of sp³-hybridized carbons (Fsp3) is 0.875. The van der Waals surface area contributed by atoms with Gasteiger partial charge in [-0.25, -0.2) is 0 Å². The van der Waals surface area contributed by atoms with Crippen molar-refractivity contribution in [3.05, 3.63) is 21.9 Å². The van der Waals surface area contributed by atoms with Gasteiger partial charge in [-0.3, -0.25) is 14.9 Å². The topological polar surface area (TPSA) is 80.4 Å². The minimum absolute atomic E-state index is 0.187. The highest BCUT2D eigenvalue weighted by atomic mass is 16.6. The molecule has 29 heavy (non-hydrogen) atoms. The third kappa shape index (κ3) is 21.1. The number of aliphatic carboxylic acids is 1. The van der Waals surface area contributed by atoms with E-state index in [-0.39, 0.29) is 4.92 Å². The molecule has 0 aliphatic carbocycles. The van der Waals surface area contributed by atoms with Crippen molar-refractivity contribution in [1.29, 1.82) is 0 Å². The average Bonchev–Trinajstić information content (AvgIpc) is 2.68. The van der Waals surface area contributed by atoms with Crippen molar-refractivity contribution >= 4 is 5.97 Å². The number of hydrogen-bond donors (Lipinski definition) is 1. The van der Waals surface area contributed by atoms with E-state index in [0.29, 0.717) is 18.5 Å². The van der Waals surface area contributed by atoms with Crippen LogP contribution in [0.25, 0.3) is 0 Å². The maximum atomic E-state index is 11.2. The lowest BCUT2D eigenvalue weighted by Crippen LogP contribution is -1.99. The summed E-state index contributed by atoms with van der Waals surface area (Å²) in [5, 5.41) is 19.8. The van der Waals surface area contributed by atoms with Crippen LogP contribution in [0.15, 0.2) is 11.8 Å². The molecule has 170 valence electrons. The van der Waals surface area contributed by atoms with Gasteiger partial charge < -0.3 is 5.11 Å². The minimum atomic E-state index is -0.691. The molecule has 0 radical (unpaired) electrons. The predicted molar refractivity (Wildman–Crippen MR) is 121 cm³/mol. The van der Waals surface area contributed by atoms with E-state index >= 15 is 0 Å². The summed E-state index contributed by atoms with van der Waals surface area (Å²) in [6, 6.07) is 0. The molecular weight excluding hydrogens is 366 g/mol. The highest BCUT2D eigenvalue weighted by Gasteiger charge is 2.09. The van der Waals surface area contributed by atoms with Crippen molar-refractivity contribution in [2.24, 2.45) is 0 Å². The van der Waals surface area contributed by atoms with E-state index in [9.17, 15) is 14.9 Å². The molecular formula is C24H45NO4. The second kappa shape index (κ2) is 21.3. The Bertz CT molecular complexity index is 435. The van der Waals surface area contributed by atoms with E-state index in [1.54, 1.807) is 0 Å². The molecule has 0 fully saturated rings. The van der Waals surface area contributed by atoms with Gasteiger partial charge in [0.2, 0.25) is 5.70 Å². The Morgan fingerprint density at radius 3 is 1.59 bits per heavy atom. The molecule has 0 saturated heterocycles. The van der Waals surface area contributed by atoms with Crippen LogP contribution < -0.4 is 0 Å². The monoisotopic (exact) mass is 411 g/mol. The lowest BCUT2D eigenvalue weighted by molar-refractivity contribution is -0.428. The fourth-order valence-corrected chi connectivity index (χ4v) is 3.63. The zero-order valence-corrected chi connectivity index (χ0v) is 18.8. The Morgan fingerprint density at radius 1 is 0.724 bits per heavy atom. The third-order valence-electron chi connectivity index (χ3n) is 5.50. The lowest BCUT2D eigenvalue weighted by atomic mass is 10.0. The first kappa shape index (κ1) is 27.6. The standard InChI is InChI=1S/C24H45NO4/c1-2-3-4-5-11-14-17-20-23(25(28)29)21-18-15-12-9-7-6-8-10-13-16-19-22-24(26)27/h20H,2-19,21-22H2,1H3,(H,26,27). The first-order valence-electron chi connectivity index (χ1n) is 12.1. The van der Waals surface area contributed by atoms with Crippen molar-refractivity contribution in [3.8, 4) is 0 Å². The van der Waals surface area contributed by atoms with Crippen LogP contribution in [0.4, 0.5) is 0 Å². The second-order valence-corrected chi connectivity index (χ2v) is 8.29. The van der Waals surface area contributed by atoms with E-state index in [4.69, 9.17) is 5.11 Å². The summed E-state index contributed by atoms with van der Waals surface area (Å²) in [6.07, 6.45) is 23.2. The number of carboxylic acid groups (broad SMARTS) is 1.